The van der Waals surface area contributed by atoms with Crippen LogP contribution in [-0.2, 0) is 0 Å². The first-order valence-corrected chi connectivity index (χ1v) is 7.37. The molecular formula is C16H22O4. The molecule has 1 fully saturated rings. The Morgan fingerprint density at radius 3 is 2.50 bits per heavy atom. The van der Waals surface area contributed by atoms with Gasteiger partial charge in [-0.3, -0.25) is 0 Å². The van der Waals surface area contributed by atoms with Gasteiger partial charge in [0, 0.05) is 0 Å². The van der Waals surface area contributed by atoms with E-state index in [2.05, 4.69) is 0 Å². The highest BCUT2D eigenvalue weighted by atomic mass is 16.5. The van der Waals surface area contributed by atoms with Crippen molar-refractivity contribution in [2.45, 2.75) is 51.6 Å². The zero-order valence-corrected chi connectivity index (χ0v) is 11.9. The Kier molecular flexibility index (Phi) is 5.27. The van der Waals surface area contributed by atoms with Gasteiger partial charge in [-0.1, -0.05) is 12.8 Å². The van der Waals surface area contributed by atoms with Gasteiger partial charge >= 0.3 is 5.97 Å². The van der Waals surface area contributed by atoms with Crippen molar-refractivity contribution in [2.75, 3.05) is 6.61 Å². The van der Waals surface area contributed by atoms with Gasteiger partial charge in [0.15, 0.2) is 11.5 Å². The van der Waals surface area contributed by atoms with Crippen molar-refractivity contribution >= 4 is 5.97 Å². The summed E-state index contributed by atoms with van der Waals surface area (Å²) in [5, 5.41) is 9.03. The smallest absolute Gasteiger partial charge is 0.335 e. The quantitative estimate of drug-likeness (QED) is 0.830. The summed E-state index contributed by atoms with van der Waals surface area (Å²) in [6, 6.07) is 4.81. The maximum atomic E-state index is 11.0. The van der Waals surface area contributed by atoms with Crippen molar-refractivity contribution in [3.05, 3.63) is 23.8 Å². The summed E-state index contributed by atoms with van der Waals surface area (Å²) in [5.74, 6) is 0.229. The second-order valence-electron chi connectivity index (χ2n) is 5.13. The minimum atomic E-state index is -0.952. The lowest BCUT2D eigenvalue weighted by molar-refractivity contribution is 0.0696. The van der Waals surface area contributed by atoms with E-state index in [9.17, 15) is 4.79 Å². The van der Waals surface area contributed by atoms with Gasteiger partial charge < -0.3 is 14.6 Å². The third-order valence-corrected chi connectivity index (χ3v) is 3.59. The molecule has 20 heavy (non-hydrogen) atoms. The normalized spacial score (nSPS) is 16.4. The van der Waals surface area contributed by atoms with Crippen LogP contribution in [0.4, 0.5) is 0 Å². The van der Waals surface area contributed by atoms with Crippen molar-refractivity contribution in [2.24, 2.45) is 0 Å². The molecule has 4 nitrogen and oxygen atoms in total. The van der Waals surface area contributed by atoms with E-state index in [4.69, 9.17) is 14.6 Å². The second-order valence-corrected chi connectivity index (χ2v) is 5.13. The third-order valence-electron chi connectivity index (χ3n) is 3.59. The van der Waals surface area contributed by atoms with Crippen LogP contribution in [0.15, 0.2) is 18.2 Å². The molecular weight excluding hydrogens is 256 g/mol. The number of carboxylic acids is 1. The standard InChI is InChI=1S/C16H22O4/c1-2-19-15-11-12(16(17)18)9-10-14(15)20-13-7-5-3-4-6-8-13/h9-11,13H,2-8H2,1H3,(H,17,18). The van der Waals surface area contributed by atoms with E-state index < -0.39 is 5.97 Å². The maximum absolute atomic E-state index is 11.0. The SMILES string of the molecule is CCOc1cc(C(=O)O)ccc1OC1CCCCCC1. The molecule has 1 aliphatic rings. The number of benzene rings is 1. The van der Waals surface area contributed by atoms with Crippen molar-refractivity contribution < 1.29 is 19.4 Å². The summed E-state index contributed by atoms with van der Waals surface area (Å²) < 4.78 is 11.5. The van der Waals surface area contributed by atoms with Gasteiger partial charge in [-0.05, 0) is 50.8 Å². The van der Waals surface area contributed by atoms with E-state index in [1.54, 1.807) is 12.1 Å². The van der Waals surface area contributed by atoms with Crippen molar-refractivity contribution in [1.29, 1.82) is 0 Å². The first kappa shape index (κ1) is 14.7. The largest absolute Gasteiger partial charge is 0.490 e. The number of carbonyl (C=O) groups is 1. The summed E-state index contributed by atoms with van der Waals surface area (Å²) in [7, 11) is 0. The molecule has 0 saturated heterocycles. The molecule has 1 aromatic rings. The van der Waals surface area contributed by atoms with E-state index in [0.717, 1.165) is 12.8 Å². The number of aromatic carboxylic acids is 1. The predicted octanol–water partition coefficient (Wildman–Crippen LogP) is 3.89. The fraction of sp³-hybridized carbons (Fsp3) is 0.562. The van der Waals surface area contributed by atoms with Gasteiger partial charge in [0.05, 0.1) is 18.3 Å². The van der Waals surface area contributed by atoms with E-state index in [1.165, 1.54) is 31.7 Å². The lowest BCUT2D eigenvalue weighted by Crippen LogP contribution is -2.16. The van der Waals surface area contributed by atoms with Gasteiger partial charge in [0.25, 0.3) is 0 Å². The average Bonchev–Trinajstić information content (AvgIpc) is 2.69. The zero-order valence-electron chi connectivity index (χ0n) is 11.9. The Balaban J connectivity index is 2.14. The van der Waals surface area contributed by atoms with Crippen molar-refractivity contribution in [3.63, 3.8) is 0 Å². The summed E-state index contributed by atoms with van der Waals surface area (Å²) in [4.78, 5) is 11.0. The van der Waals surface area contributed by atoms with Gasteiger partial charge in [-0.15, -0.1) is 0 Å². The highest BCUT2D eigenvalue weighted by Gasteiger charge is 2.17. The highest BCUT2D eigenvalue weighted by Crippen LogP contribution is 2.32. The first-order valence-electron chi connectivity index (χ1n) is 7.37. The molecule has 0 atom stereocenters. The summed E-state index contributed by atoms with van der Waals surface area (Å²) in [5.41, 5.74) is 0.224. The Morgan fingerprint density at radius 1 is 1.20 bits per heavy atom. The van der Waals surface area contributed by atoms with Crippen LogP contribution in [-0.4, -0.2) is 23.8 Å². The van der Waals surface area contributed by atoms with E-state index in [1.807, 2.05) is 6.92 Å². The Morgan fingerprint density at radius 2 is 1.90 bits per heavy atom. The molecule has 0 radical (unpaired) electrons. The Hall–Kier alpha value is -1.71. The third kappa shape index (κ3) is 3.89. The molecule has 0 amide bonds. The van der Waals surface area contributed by atoms with Crippen molar-refractivity contribution in [1.82, 2.24) is 0 Å². The second kappa shape index (κ2) is 7.17. The van der Waals surface area contributed by atoms with Gasteiger partial charge in [-0.2, -0.15) is 0 Å². The van der Waals surface area contributed by atoms with Crippen LogP contribution in [0.2, 0.25) is 0 Å². The topological polar surface area (TPSA) is 55.8 Å². The van der Waals surface area contributed by atoms with Gasteiger partial charge in [-0.25, -0.2) is 4.79 Å². The predicted molar refractivity (Wildman–Crippen MR) is 76.7 cm³/mol. The van der Waals surface area contributed by atoms with Crippen LogP contribution in [0.25, 0.3) is 0 Å². The van der Waals surface area contributed by atoms with Crippen LogP contribution in [0, 0.1) is 0 Å². The van der Waals surface area contributed by atoms with Crippen LogP contribution < -0.4 is 9.47 Å². The average molecular weight is 278 g/mol. The summed E-state index contributed by atoms with van der Waals surface area (Å²) in [6.07, 6.45) is 7.28. The van der Waals surface area contributed by atoms with Crippen molar-refractivity contribution in [3.8, 4) is 11.5 Å². The van der Waals surface area contributed by atoms with E-state index >= 15 is 0 Å². The monoisotopic (exact) mass is 278 g/mol. The van der Waals surface area contributed by atoms with Crippen LogP contribution in [0.1, 0.15) is 55.8 Å². The molecule has 1 saturated carbocycles. The lowest BCUT2D eigenvalue weighted by Gasteiger charge is -2.19. The Labute approximate surface area is 119 Å². The summed E-state index contributed by atoms with van der Waals surface area (Å²) >= 11 is 0. The molecule has 0 heterocycles. The maximum Gasteiger partial charge on any atom is 0.335 e. The minimum Gasteiger partial charge on any atom is -0.490 e. The molecule has 4 heteroatoms. The molecule has 0 aromatic heterocycles. The van der Waals surface area contributed by atoms with Crippen LogP contribution in [0.3, 0.4) is 0 Å². The first-order chi connectivity index (χ1) is 9.70. The highest BCUT2D eigenvalue weighted by molar-refractivity contribution is 5.88. The van der Waals surface area contributed by atoms with Crippen LogP contribution >= 0.6 is 0 Å². The van der Waals surface area contributed by atoms with Gasteiger partial charge in [0.2, 0.25) is 0 Å². The molecule has 110 valence electrons. The van der Waals surface area contributed by atoms with E-state index in [-0.39, 0.29) is 11.7 Å². The molecule has 2 rings (SSSR count). The fourth-order valence-electron chi connectivity index (χ4n) is 2.55. The fourth-order valence-corrected chi connectivity index (χ4v) is 2.55. The van der Waals surface area contributed by atoms with Gasteiger partial charge in [0.1, 0.15) is 0 Å². The number of hydrogen-bond acceptors (Lipinski definition) is 3. The number of rotatable bonds is 5. The number of ether oxygens (including phenoxy) is 2. The number of hydrogen-bond donors (Lipinski definition) is 1. The molecule has 0 unspecified atom stereocenters. The molecule has 1 aromatic carbocycles. The minimum absolute atomic E-state index is 0.215. The van der Waals surface area contributed by atoms with Crippen LogP contribution in [0.5, 0.6) is 11.5 Å². The Bertz CT molecular complexity index is 448. The molecule has 1 N–H and O–H groups in total. The zero-order chi connectivity index (χ0) is 14.4. The molecule has 0 aliphatic heterocycles. The molecule has 1 aliphatic carbocycles. The molecule has 0 spiro atoms. The lowest BCUT2D eigenvalue weighted by atomic mass is 10.1. The van der Waals surface area contributed by atoms with E-state index in [0.29, 0.717) is 18.1 Å². The summed E-state index contributed by atoms with van der Waals surface area (Å²) in [6.45, 7) is 2.37. The molecule has 0 bridgehead atoms. The number of carboxylic acid groups (broad SMARTS) is 1.